The van der Waals surface area contributed by atoms with Gasteiger partial charge in [-0.2, -0.15) is 0 Å². The Morgan fingerprint density at radius 2 is 1.81 bits per heavy atom. The SMILES string of the molecule is NC(=S)c1ccc(N2CCCC3CCCCC32)c(F)c1F. The van der Waals surface area contributed by atoms with E-state index >= 15 is 0 Å². The maximum absolute atomic E-state index is 14.4. The van der Waals surface area contributed by atoms with E-state index < -0.39 is 11.6 Å². The van der Waals surface area contributed by atoms with Crippen molar-refractivity contribution in [2.45, 2.75) is 44.6 Å². The molecule has 0 radical (unpaired) electrons. The second kappa shape index (κ2) is 5.87. The topological polar surface area (TPSA) is 29.3 Å². The fourth-order valence-corrected chi connectivity index (χ4v) is 4.03. The molecule has 3 rings (SSSR count). The number of anilines is 1. The highest BCUT2D eigenvalue weighted by atomic mass is 32.1. The molecule has 2 unspecified atom stereocenters. The molecule has 0 spiro atoms. The fraction of sp³-hybridized carbons (Fsp3) is 0.562. The summed E-state index contributed by atoms with van der Waals surface area (Å²) in [7, 11) is 0. The van der Waals surface area contributed by atoms with Gasteiger partial charge in [-0.1, -0.05) is 25.1 Å². The molecule has 5 heteroatoms. The Morgan fingerprint density at radius 3 is 2.57 bits per heavy atom. The van der Waals surface area contributed by atoms with Crippen LogP contribution in [0.15, 0.2) is 12.1 Å². The van der Waals surface area contributed by atoms with Gasteiger partial charge in [0, 0.05) is 18.2 Å². The van der Waals surface area contributed by atoms with Crippen molar-refractivity contribution in [1.82, 2.24) is 0 Å². The first-order valence-electron chi connectivity index (χ1n) is 7.64. The van der Waals surface area contributed by atoms with Gasteiger partial charge in [0.05, 0.1) is 5.69 Å². The van der Waals surface area contributed by atoms with Crippen molar-refractivity contribution in [1.29, 1.82) is 0 Å². The molecule has 1 saturated heterocycles. The molecule has 0 amide bonds. The number of hydrogen-bond acceptors (Lipinski definition) is 2. The number of hydrogen-bond donors (Lipinski definition) is 1. The summed E-state index contributed by atoms with van der Waals surface area (Å²) in [5, 5.41) is 0. The normalized spacial score (nSPS) is 25.5. The predicted octanol–water partition coefficient (Wildman–Crippen LogP) is 3.76. The van der Waals surface area contributed by atoms with E-state index in [1.165, 1.54) is 31.7 Å². The average molecular weight is 310 g/mol. The summed E-state index contributed by atoms with van der Waals surface area (Å²) in [4.78, 5) is 1.96. The third-order valence-electron chi connectivity index (χ3n) is 4.88. The largest absolute Gasteiger partial charge is 0.389 e. The fourth-order valence-electron chi connectivity index (χ4n) is 3.88. The van der Waals surface area contributed by atoms with Gasteiger partial charge in [-0.3, -0.25) is 0 Å². The number of thiocarbonyl (C=S) groups is 1. The lowest BCUT2D eigenvalue weighted by atomic mass is 9.78. The smallest absolute Gasteiger partial charge is 0.182 e. The Hall–Kier alpha value is -1.23. The molecular weight excluding hydrogens is 290 g/mol. The molecule has 114 valence electrons. The van der Waals surface area contributed by atoms with Crippen LogP contribution in [0.5, 0.6) is 0 Å². The van der Waals surface area contributed by atoms with E-state index in [9.17, 15) is 8.78 Å². The summed E-state index contributed by atoms with van der Waals surface area (Å²) in [6.07, 6.45) is 6.95. The third kappa shape index (κ3) is 2.63. The Labute approximate surface area is 129 Å². The van der Waals surface area contributed by atoms with E-state index in [-0.39, 0.29) is 10.6 Å². The quantitative estimate of drug-likeness (QED) is 0.843. The molecule has 2 N–H and O–H groups in total. The van der Waals surface area contributed by atoms with Gasteiger partial charge in [0.15, 0.2) is 11.6 Å². The molecule has 0 aromatic heterocycles. The second-order valence-corrected chi connectivity index (χ2v) is 6.51. The molecule has 1 aromatic rings. The number of nitrogens with two attached hydrogens (primary N) is 1. The van der Waals surface area contributed by atoms with Gasteiger partial charge in [-0.15, -0.1) is 0 Å². The lowest BCUT2D eigenvalue weighted by Crippen LogP contribution is -2.47. The summed E-state index contributed by atoms with van der Waals surface area (Å²) >= 11 is 4.76. The van der Waals surface area contributed by atoms with Crippen molar-refractivity contribution >= 4 is 22.9 Å². The number of nitrogens with zero attached hydrogens (tertiary/aromatic N) is 1. The lowest BCUT2D eigenvalue weighted by molar-refractivity contribution is 0.242. The highest BCUT2D eigenvalue weighted by molar-refractivity contribution is 7.80. The van der Waals surface area contributed by atoms with Gasteiger partial charge >= 0.3 is 0 Å². The molecule has 0 bridgehead atoms. The van der Waals surface area contributed by atoms with Crippen molar-refractivity contribution in [2.24, 2.45) is 11.7 Å². The van der Waals surface area contributed by atoms with E-state index in [1.54, 1.807) is 6.07 Å². The zero-order valence-electron chi connectivity index (χ0n) is 11.9. The van der Waals surface area contributed by atoms with Gasteiger partial charge < -0.3 is 10.6 Å². The average Bonchev–Trinajstić information content (AvgIpc) is 2.49. The minimum absolute atomic E-state index is 0.0107. The van der Waals surface area contributed by atoms with Crippen molar-refractivity contribution in [3.63, 3.8) is 0 Å². The first kappa shape index (κ1) is 14.7. The molecule has 2 fully saturated rings. The van der Waals surface area contributed by atoms with E-state index in [2.05, 4.69) is 4.90 Å². The highest BCUT2D eigenvalue weighted by Gasteiger charge is 2.35. The van der Waals surface area contributed by atoms with Crippen LogP contribution in [0.1, 0.15) is 44.1 Å². The van der Waals surface area contributed by atoms with Crippen LogP contribution in [0.4, 0.5) is 14.5 Å². The maximum Gasteiger partial charge on any atom is 0.182 e. The van der Waals surface area contributed by atoms with Gasteiger partial charge in [0.1, 0.15) is 4.99 Å². The monoisotopic (exact) mass is 310 g/mol. The zero-order valence-corrected chi connectivity index (χ0v) is 12.8. The van der Waals surface area contributed by atoms with Crippen LogP contribution in [0.3, 0.4) is 0 Å². The van der Waals surface area contributed by atoms with Gasteiger partial charge in [0.25, 0.3) is 0 Å². The zero-order chi connectivity index (χ0) is 15.0. The molecule has 21 heavy (non-hydrogen) atoms. The van der Waals surface area contributed by atoms with Crippen molar-refractivity contribution in [2.75, 3.05) is 11.4 Å². The molecule has 1 aliphatic heterocycles. The lowest BCUT2D eigenvalue weighted by Gasteiger charge is -2.45. The van der Waals surface area contributed by atoms with Crippen molar-refractivity contribution in [3.05, 3.63) is 29.3 Å². The summed E-state index contributed by atoms with van der Waals surface area (Å²) in [6, 6.07) is 3.48. The molecule has 1 saturated carbocycles. The van der Waals surface area contributed by atoms with Crippen LogP contribution in [0.25, 0.3) is 0 Å². The number of rotatable bonds is 2. The van der Waals surface area contributed by atoms with Gasteiger partial charge in [-0.25, -0.2) is 8.78 Å². The molecule has 2 aliphatic rings. The molecular formula is C16H20F2N2S. The van der Waals surface area contributed by atoms with E-state index in [1.807, 2.05) is 0 Å². The minimum atomic E-state index is -0.919. The van der Waals surface area contributed by atoms with Gasteiger partial charge in [0.2, 0.25) is 0 Å². The Bertz CT molecular complexity index is 559. The Balaban J connectivity index is 1.95. The molecule has 2 atom stereocenters. The van der Waals surface area contributed by atoms with Crippen LogP contribution < -0.4 is 10.6 Å². The Morgan fingerprint density at radius 1 is 1.10 bits per heavy atom. The number of piperidine rings is 1. The molecule has 2 nitrogen and oxygen atoms in total. The number of halogens is 2. The number of fused-ring (bicyclic) bond motifs is 1. The maximum atomic E-state index is 14.4. The number of benzene rings is 1. The molecule has 1 aromatic carbocycles. The first-order valence-corrected chi connectivity index (χ1v) is 8.05. The van der Waals surface area contributed by atoms with Crippen LogP contribution in [0, 0.1) is 17.6 Å². The van der Waals surface area contributed by atoms with Gasteiger partial charge in [-0.05, 0) is 43.7 Å². The standard InChI is InChI=1S/C16H20F2N2S/c17-14-11(16(19)21)7-8-13(15(14)18)20-9-3-5-10-4-1-2-6-12(10)20/h7-8,10,12H,1-6,9H2,(H2,19,21). The Kier molecular flexibility index (Phi) is 4.11. The first-order chi connectivity index (χ1) is 10.1. The second-order valence-electron chi connectivity index (χ2n) is 6.07. The van der Waals surface area contributed by atoms with E-state index in [4.69, 9.17) is 18.0 Å². The third-order valence-corrected chi connectivity index (χ3v) is 5.10. The van der Waals surface area contributed by atoms with Crippen LogP contribution in [-0.2, 0) is 0 Å². The highest BCUT2D eigenvalue weighted by Crippen LogP contribution is 2.39. The van der Waals surface area contributed by atoms with Crippen LogP contribution in [0.2, 0.25) is 0 Å². The summed E-state index contributed by atoms with van der Waals surface area (Å²) in [5.74, 6) is -1.12. The van der Waals surface area contributed by atoms with E-state index in [0.717, 1.165) is 19.4 Å². The van der Waals surface area contributed by atoms with Crippen molar-refractivity contribution in [3.8, 4) is 0 Å². The van der Waals surface area contributed by atoms with Crippen LogP contribution >= 0.6 is 12.2 Å². The van der Waals surface area contributed by atoms with Crippen molar-refractivity contribution < 1.29 is 8.78 Å². The summed E-state index contributed by atoms with van der Waals surface area (Å²) in [5.41, 5.74) is 5.78. The summed E-state index contributed by atoms with van der Waals surface area (Å²) in [6.45, 7) is 0.796. The van der Waals surface area contributed by atoms with E-state index in [0.29, 0.717) is 17.6 Å². The van der Waals surface area contributed by atoms with Crippen LogP contribution in [-0.4, -0.2) is 17.6 Å². The minimum Gasteiger partial charge on any atom is -0.389 e. The molecule has 1 heterocycles. The summed E-state index contributed by atoms with van der Waals surface area (Å²) < 4.78 is 28.6. The predicted molar refractivity (Wildman–Crippen MR) is 84.6 cm³/mol. The molecule has 1 aliphatic carbocycles.